The number of nitrogens with zero attached hydrogens (tertiary/aromatic N) is 3. The molecule has 28 heavy (non-hydrogen) atoms. The van der Waals surface area contributed by atoms with E-state index in [1.165, 1.54) is 6.07 Å². The first kappa shape index (κ1) is 22.3. The molecule has 0 amide bonds. The van der Waals surface area contributed by atoms with Gasteiger partial charge in [-0.15, -0.1) is 24.0 Å². The fraction of sp³-hybridized carbons (Fsp3) is 0.400. The van der Waals surface area contributed by atoms with Crippen LogP contribution in [0.3, 0.4) is 0 Å². The Balaban J connectivity index is 0.00000280. The van der Waals surface area contributed by atoms with Gasteiger partial charge in [0.1, 0.15) is 17.5 Å². The average molecular weight is 501 g/mol. The molecule has 0 radical (unpaired) electrons. The Labute approximate surface area is 181 Å². The van der Waals surface area contributed by atoms with Crippen molar-refractivity contribution in [1.29, 1.82) is 0 Å². The van der Waals surface area contributed by atoms with Gasteiger partial charge in [0.2, 0.25) is 0 Å². The molecule has 2 heterocycles. The van der Waals surface area contributed by atoms with Crippen molar-refractivity contribution in [3.05, 3.63) is 59.3 Å². The first-order valence-corrected chi connectivity index (χ1v) is 9.14. The second-order valence-corrected chi connectivity index (χ2v) is 6.76. The summed E-state index contributed by atoms with van der Waals surface area (Å²) in [5.41, 5.74) is 1.43. The van der Waals surface area contributed by atoms with E-state index in [1.54, 1.807) is 7.05 Å². The Hall–Kier alpha value is -1.97. The van der Waals surface area contributed by atoms with Crippen LogP contribution in [-0.2, 0) is 6.54 Å². The van der Waals surface area contributed by atoms with Gasteiger partial charge >= 0.3 is 0 Å². The van der Waals surface area contributed by atoms with Gasteiger partial charge < -0.3 is 15.5 Å². The maximum absolute atomic E-state index is 13.7. The van der Waals surface area contributed by atoms with Gasteiger partial charge in [0.15, 0.2) is 5.96 Å². The fourth-order valence-electron chi connectivity index (χ4n) is 3.15. The summed E-state index contributed by atoms with van der Waals surface area (Å²) >= 11 is 0. The summed E-state index contributed by atoms with van der Waals surface area (Å²) < 4.78 is 27.0. The minimum absolute atomic E-state index is 0. The molecule has 5 nitrogen and oxygen atoms in total. The van der Waals surface area contributed by atoms with E-state index in [9.17, 15) is 8.78 Å². The van der Waals surface area contributed by atoms with Crippen molar-refractivity contribution in [2.45, 2.75) is 32.4 Å². The lowest BCUT2D eigenvalue weighted by Crippen LogP contribution is -2.48. The molecule has 1 fully saturated rings. The standard InChI is InChI=1S/C20H25F2N5.HI/c1-14-3-6-19(24-12-14)27-9-7-17(8-10-27)26-20(23-2)25-13-15-11-16(21)4-5-18(15)22;/h3-6,11-12,17H,7-10,13H2,1-2H3,(H2,23,25,26);1H. The van der Waals surface area contributed by atoms with E-state index in [0.717, 1.165) is 49.4 Å². The molecule has 0 bridgehead atoms. The predicted molar refractivity (Wildman–Crippen MR) is 119 cm³/mol. The smallest absolute Gasteiger partial charge is 0.191 e. The van der Waals surface area contributed by atoms with Gasteiger partial charge in [-0.05, 0) is 49.6 Å². The van der Waals surface area contributed by atoms with Crippen LogP contribution in [-0.4, -0.2) is 37.1 Å². The molecule has 0 spiro atoms. The number of aromatic nitrogens is 1. The van der Waals surface area contributed by atoms with Crippen LogP contribution in [0, 0.1) is 18.6 Å². The Morgan fingerprint density at radius 2 is 1.96 bits per heavy atom. The van der Waals surface area contributed by atoms with Crippen LogP contribution in [0.4, 0.5) is 14.6 Å². The molecular weight excluding hydrogens is 475 g/mol. The zero-order valence-electron chi connectivity index (χ0n) is 16.1. The van der Waals surface area contributed by atoms with E-state index in [-0.39, 0.29) is 42.1 Å². The number of nitrogens with one attached hydrogen (secondary N) is 2. The monoisotopic (exact) mass is 501 g/mol. The topological polar surface area (TPSA) is 52.6 Å². The van der Waals surface area contributed by atoms with Crippen LogP contribution < -0.4 is 15.5 Å². The van der Waals surface area contributed by atoms with E-state index >= 15 is 0 Å². The molecule has 1 aromatic heterocycles. The van der Waals surface area contributed by atoms with Crippen molar-refractivity contribution in [3.63, 3.8) is 0 Å². The lowest BCUT2D eigenvalue weighted by molar-refractivity contribution is 0.459. The van der Waals surface area contributed by atoms with Crippen molar-refractivity contribution in [2.24, 2.45) is 4.99 Å². The minimum Gasteiger partial charge on any atom is -0.356 e. The summed E-state index contributed by atoms with van der Waals surface area (Å²) in [6.45, 7) is 4.02. The number of rotatable bonds is 4. The Morgan fingerprint density at radius 3 is 2.61 bits per heavy atom. The number of hydrogen-bond donors (Lipinski definition) is 2. The van der Waals surface area contributed by atoms with E-state index < -0.39 is 11.6 Å². The Morgan fingerprint density at radius 1 is 1.21 bits per heavy atom. The number of aliphatic imine (C=N–C) groups is 1. The van der Waals surface area contributed by atoms with Crippen molar-refractivity contribution in [3.8, 4) is 0 Å². The zero-order chi connectivity index (χ0) is 19.2. The number of benzene rings is 1. The highest BCUT2D eigenvalue weighted by Crippen LogP contribution is 2.18. The third kappa shape index (κ3) is 6.02. The third-order valence-corrected chi connectivity index (χ3v) is 4.73. The first-order valence-electron chi connectivity index (χ1n) is 9.14. The van der Waals surface area contributed by atoms with E-state index in [1.807, 2.05) is 13.1 Å². The molecule has 0 saturated carbocycles. The van der Waals surface area contributed by atoms with Gasteiger partial charge in [-0.2, -0.15) is 0 Å². The average Bonchev–Trinajstić information content (AvgIpc) is 2.68. The number of anilines is 1. The van der Waals surface area contributed by atoms with Crippen molar-refractivity contribution < 1.29 is 8.78 Å². The van der Waals surface area contributed by atoms with Gasteiger partial charge in [0.05, 0.1) is 0 Å². The van der Waals surface area contributed by atoms with E-state index in [0.29, 0.717) is 5.96 Å². The van der Waals surface area contributed by atoms with Gasteiger partial charge in [-0.25, -0.2) is 13.8 Å². The predicted octanol–water partition coefficient (Wildman–Crippen LogP) is 3.62. The minimum atomic E-state index is -0.451. The molecule has 1 aliphatic heterocycles. The molecule has 2 N–H and O–H groups in total. The molecule has 0 unspecified atom stereocenters. The van der Waals surface area contributed by atoms with Gasteiger partial charge in [0, 0.05) is 44.5 Å². The van der Waals surface area contributed by atoms with Crippen molar-refractivity contribution in [2.75, 3.05) is 25.0 Å². The summed E-state index contributed by atoms with van der Waals surface area (Å²) in [5, 5.41) is 6.42. The van der Waals surface area contributed by atoms with Gasteiger partial charge in [0.25, 0.3) is 0 Å². The largest absolute Gasteiger partial charge is 0.356 e. The number of guanidine groups is 1. The quantitative estimate of drug-likeness (QED) is 0.382. The van der Waals surface area contributed by atoms with Crippen LogP contribution in [0.25, 0.3) is 0 Å². The van der Waals surface area contributed by atoms with Crippen LogP contribution in [0.1, 0.15) is 24.0 Å². The maximum Gasteiger partial charge on any atom is 0.191 e. The number of aryl methyl sites for hydroxylation is 1. The molecule has 2 aromatic rings. The first-order chi connectivity index (χ1) is 13.0. The van der Waals surface area contributed by atoms with Crippen molar-refractivity contribution in [1.82, 2.24) is 15.6 Å². The van der Waals surface area contributed by atoms with E-state index in [4.69, 9.17) is 0 Å². The maximum atomic E-state index is 13.7. The number of halogens is 3. The van der Waals surface area contributed by atoms with Crippen LogP contribution in [0.5, 0.6) is 0 Å². The Kier molecular flexibility index (Phi) is 8.40. The number of piperidine rings is 1. The highest BCUT2D eigenvalue weighted by molar-refractivity contribution is 14.0. The molecule has 1 aliphatic rings. The molecular formula is C20H26F2IN5. The highest BCUT2D eigenvalue weighted by atomic mass is 127. The third-order valence-electron chi connectivity index (χ3n) is 4.73. The molecule has 1 aromatic carbocycles. The van der Waals surface area contributed by atoms with Crippen LogP contribution in [0.15, 0.2) is 41.5 Å². The second-order valence-electron chi connectivity index (χ2n) is 6.76. The highest BCUT2D eigenvalue weighted by Gasteiger charge is 2.21. The summed E-state index contributed by atoms with van der Waals surface area (Å²) in [7, 11) is 1.67. The molecule has 152 valence electrons. The number of pyridine rings is 1. The van der Waals surface area contributed by atoms with Crippen LogP contribution >= 0.6 is 24.0 Å². The normalized spacial score (nSPS) is 15.1. The Bertz CT molecular complexity index is 790. The fourth-order valence-corrected chi connectivity index (χ4v) is 3.15. The lowest BCUT2D eigenvalue weighted by Gasteiger charge is -2.33. The number of hydrogen-bond acceptors (Lipinski definition) is 3. The summed E-state index contributed by atoms with van der Waals surface area (Å²) in [5.74, 6) is 0.709. The molecule has 0 atom stereocenters. The lowest BCUT2D eigenvalue weighted by atomic mass is 10.1. The van der Waals surface area contributed by atoms with Crippen LogP contribution in [0.2, 0.25) is 0 Å². The molecule has 1 saturated heterocycles. The molecule has 3 rings (SSSR count). The summed E-state index contributed by atoms with van der Waals surface area (Å²) in [6, 6.07) is 7.85. The van der Waals surface area contributed by atoms with Gasteiger partial charge in [-0.3, -0.25) is 4.99 Å². The molecule has 0 aliphatic carbocycles. The molecule has 8 heteroatoms. The second kappa shape index (κ2) is 10.5. The van der Waals surface area contributed by atoms with Gasteiger partial charge in [-0.1, -0.05) is 6.07 Å². The zero-order valence-corrected chi connectivity index (χ0v) is 18.4. The van der Waals surface area contributed by atoms with E-state index in [2.05, 4.69) is 37.6 Å². The summed E-state index contributed by atoms with van der Waals surface area (Å²) in [4.78, 5) is 10.9. The summed E-state index contributed by atoms with van der Waals surface area (Å²) in [6.07, 6.45) is 3.78. The SMILES string of the molecule is CN=C(NCc1cc(F)ccc1F)NC1CCN(c2ccc(C)cn2)CC1.I. The van der Waals surface area contributed by atoms with Crippen molar-refractivity contribution >= 4 is 35.8 Å².